The number of hydrogen-bond donors (Lipinski definition) is 0. The maximum Gasteiger partial charge on any atom is 0.269 e. The molecule has 0 N–H and O–H groups in total. The summed E-state index contributed by atoms with van der Waals surface area (Å²) in [5, 5.41) is 10.6. The highest BCUT2D eigenvalue weighted by Crippen LogP contribution is 2.23. The summed E-state index contributed by atoms with van der Waals surface area (Å²) in [4.78, 5) is 10.2. The third kappa shape index (κ3) is 4.86. The highest BCUT2D eigenvalue weighted by atomic mass is 16.6. The van der Waals surface area contributed by atoms with E-state index in [-0.39, 0.29) is 12.3 Å². The Hall–Kier alpha value is -3.78. The van der Waals surface area contributed by atoms with Crippen LogP contribution in [0.4, 0.5) is 5.69 Å². The van der Waals surface area contributed by atoms with Crippen LogP contribution in [0.25, 0.3) is 0 Å². The smallest absolute Gasteiger partial charge is 0.269 e. The Balaban J connectivity index is 1.51. The second-order valence-corrected chi connectivity index (χ2v) is 5.28. The lowest BCUT2D eigenvalue weighted by Crippen LogP contribution is -1.94. The van der Waals surface area contributed by atoms with Gasteiger partial charge in [0, 0.05) is 17.7 Å². The molecule has 0 bridgehead atoms. The van der Waals surface area contributed by atoms with E-state index in [1.165, 1.54) is 12.1 Å². The summed E-state index contributed by atoms with van der Waals surface area (Å²) in [6.45, 7) is 0.218. The molecule has 128 valence electrons. The molecule has 0 radical (unpaired) electrons. The topological polar surface area (TPSA) is 61.6 Å². The van der Waals surface area contributed by atoms with Gasteiger partial charge in [0.25, 0.3) is 5.69 Å². The monoisotopic (exact) mass is 345 g/mol. The standard InChI is InChI=1S/C21H15NO4/c23-22(24)18-10-8-17(9-11-18)5-4-16-25-19-12-14-21(15-13-19)26-20-6-2-1-3-7-20/h1-3,6-15H,16H2. The largest absolute Gasteiger partial charge is 0.481 e. The number of nitro benzene ring substituents is 1. The van der Waals surface area contributed by atoms with Crippen molar-refractivity contribution < 1.29 is 14.4 Å². The van der Waals surface area contributed by atoms with Crippen molar-refractivity contribution >= 4 is 5.69 Å². The number of benzene rings is 3. The summed E-state index contributed by atoms with van der Waals surface area (Å²) in [5.74, 6) is 7.96. The predicted molar refractivity (Wildman–Crippen MR) is 98.4 cm³/mol. The Kier molecular flexibility index (Phi) is 5.48. The van der Waals surface area contributed by atoms with Gasteiger partial charge in [0.1, 0.15) is 23.9 Å². The molecule has 0 aromatic heterocycles. The molecule has 0 saturated carbocycles. The lowest BCUT2D eigenvalue weighted by Gasteiger charge is -2.06. The van der Waals surface area contributed by atoms with Crippen molar-refractivity contribution in [3.63, 3.8) is 0 Å². The molecule has 3 aromatic rings. The molecule has 0 amide bonds. The number of hydrogen-bond acceptors (Lipinski definition) is 4. The average Bonchev–Trinajstić information content (AvgIpc) is 2.68. The van der Waals surface area contributed by atoms with E-state index in [0.717, 1.165) is 11.5 Å². The van der Waals surface area contributed by atoms with Gasteiger partial charge in [-0.25, -0.2) is 0 Å². The van der Waals surface area contributed by atoms with E-state index in [0.29, 0.717) is 11.3 Å². The molecule has 3 aromatic carbocycles. The first-order valence-electron chi connectivity index (χ1n) is 7.90. The van der Waals surface area contributed by atoms with E-state index in [2.05, 4.69) is 11.8 Å². The molecule has 0 fully saturated rings. The van der Waals surface area contributed by atoms with Crippen LogP contribution in [0.2, 0.25) is 0 Å². The van der Waals surface area contributed by atoms with Crippen LogP contribution in [0, 0.1) is 22.0 Å². The molecular formula is C21H15NO4. The fourth-order valence-corrected chi connectivity index (χ4v) is 2.15. The number of para-hydroxylation sites is 1. The maximum absolute atomic E-state index is 10.6. The molecule has 3 rings (SSSR count). The first kappa shape index (κ1) is 17.1. The first-order chi connectivity index (χ1) is 12.7. The van der Waals surface area contributed by atoms with Crippen LogP contribution in [0.5, 0.6) is 17.2 Å². The fraction of sp³-hybridized carbons (Fsp3) is 0.0476. The van der Waals surface area contributed by atoms with E-state index in [1.807, 2.05) is 54.6 Å². The van der Waals surface area contributed by atoms with Crippen molar-refractivity contribution in [2.75, 3.05) is 6.61 Å². The quantitative estimate of drug-likeness (QED) is 0.378. The van der Waals surface area contributed by atoms with Gasteiger partial charge in [-0.15, -0.1) is 0 Å². The normalized spacial score (nSPS) is 9.69. The molecule has 0 unspecified atom stereocenters. The zero-order valence-corrected chi connectivity index (χ0v) is 13.8. The third-order valence-electron chi connectivity index (χ3n) is 3.42. The van der Waals surface area contributed by atoms with E-state index in [9.17, 15) is 10.1 Å². The Morgan fingerprint density at radius 3 is 2.08 bits per heavy atom. The molecule has 5 heteroatoms. The minimum absolute atomic E-state index is 0.0459. The van der Waals surface area contributed by atoms with Crippen LogP contribution >= 0.6 is 0 Å². The molecule has 0 atom stereocenters. The average molecular weight is 345 g/mol. The van der Waals surface area contributed by atoms with Gasteiger partial charge >= 0.3 is 0 Å². The zero-order valence-electron chi connectivity index (χ0n) is 13.8. The molecule has 0 aliphatic carbocycles. The summed E-state index contributed by atoms with van der Waals surface area (Å²) in [6, 6.07) is 22.9. The van der Waals surface area contributed by atoms with E-state index < -0.39 is 4.92 Å². The van der Waals surface area contributed by atoms with Gasteiger partial charge in [-0.2, -0.15) is 0 Å². The van der Waals surface area contributed by atoms with Crippen molar-refractivity contribution in [1.82, 2.24) is 0 Å². The van der Waals surface area contributed by atoms with Crippen LogP contribution in [0.15, 0.2) is 78.9 Å². The number of nitrogens with zero attached hydrogens (tertiary/aromatic N) is 1. The van der Waals surface area contributed by atoms with Gasteiger partial charge in [0.15, 0.2) is 0 Å². The molecule has 0 aliphatic heterocycles. The van der Waals surface area contributed by atoms with Crippen molar-refractivity contribution in [3.8, 4) is 29.1 Å². The fourth-order valence-electron chi connectivity index (χ4n) is 2.15. The number of non-ortho nitro benzene ring substituents is 1. The summed E-state index contributed by atoms with van der Waals surface area (Å²) < 4.78 is 11.3. The van der Waals surface area contributed by atoms with E-state index in [1.54, 1.807) is 12.1 Å². The minimum Gasteiger partial charge on any atom is -0.481 e. The summed E-state index contributed by atoms with van der Waals surface area (Å²) in [7, 11) is 0. The molecule has 5 nitrogen and oxygen atoms in total. The van der Waals surface area contributed by atoms with Gasteiger partial charge in [-0.3, -0.25) is 10.1 Å². The second kappa shape index (κ2) is 8.36. The third-order valence-corrected chi connectivity index (χ3v) is 3.42. The van der Waals surface area contributed by atoms with E-state index >= 15 is 0 Å². The molecule has 0 aliphatic rings. The van der Waals surface area contributed by atoms with Gasteiger partial charge < -0.3 is 9.47 Å². The number of rotatable bonds is 5. The van der Waals surface area contributed by atoms with Crippen molar-refractivity contribution in [2.24, 2.45) is 0 Å². The number of nitro groups is 1. The molecule has 0 heterocycles. The van der Waals surface area contributed by atoms with Crippen LogP contribution in [-0.4, -0.2) is 11.5 Å². The molecule has 0 spiro atoms. The Bertz CT molecular complexity index is 924. The van der Waals surface area contributed by atoms with Gasteiger partial charge in [-0.05, 0) is 48.5 Å². The van der Waals surface area contributed by atoms with Crippen molar-refractivity contribution in [3.05, 3.63) is 94.5 Å². The second-order valence-electron chi connectivity index (χ2n) is 5.28. The van der Waals surface area contributed by atoms with Gasteiger partial charge in [-0.1, -0.05) is 30.0 Å². The highest BCUT2D eigenvalue weighted by molar-refractivity contribution is 5.41. The maximum atomic E-state index is 10.6. The highest BCUT2D eigenvalue weighted by Gasteiger charge is 2.02. The van der Waals surface area contributed by atoms with Gasteiger partial charge in [0.05, 0.1) is 4.92 Å². The summed E-state index contributed by atoms with van der Waals surface area (Å²) in [6.07, 6.45) is 0. The van der Waals surface area contributed by atoms with Crippen LogP contribution in [0.3, 0.4) is 0 Å². The van der Waals surface area contributed by atoms with Gasteiger partial charge in [0.2, 0.25) is 0 Å². The Morgan fingerprint density at radius 2 is 1.42 bits per heavy atom. The lowest BCUT2D eigenvalue weighted by molar-refractivity contribution is -0.384. The minimum atomic E-state index is -0.439. The summed E-state index contributed by atoms with van der Waals surface area (Å²) in [5.41, 5.74) is 0.746. The molecule has 26 heavy (non-hydrogen) atoms. The zero-order chi connectivity index (χ0) is 18.2. The predicted octanol–water partition coefficient (Wildman–Crippen LogP) is 4.82. The summed E-state index contributed by atoms with van der Waals surface area (Å²) >= 11 is 0. The van der Waals surface area contributed by atoms with Crippen LogP contribution < -0.4 is 9.47 Å². The van der Waals surface area contributed by atoms with Crippen LogP contribution in [-0.2, 0) is 0 Å². The van der Waals surface area contributed by atoms with Crippen molar-refractivity contribution in [2.45, 2.75) is 0 Å². The lowest BCUT2D eigenvalue weighted by atomic mass is 10.2. The molecule has 0 saturated heterocycles. The SMILES string of the molecule is O=[N+]([O-])c1ccc(C#CCOc2ccc(Oc3ccccc3)cc2)cc1. The Morgan fingerprint density at radius 1 is 0.808 bits per heavy atom. The van der Waals surface area contributed by atoms with Crippen LogP contribution in [0.1, 0.15) is 5.56 Å². The Labute approximate surface area is 151 Å². The van der Waals surface area contributed by atoms with E-state index in [4.69, 9.17) is 9.47 Å². The first-order valence-corrected chi connectivity index (χ1v) is 7.90. The number of ether oxygens (including phenoxy) is 2. The molecular weight excluding hydrogens is 330 g/mol. The van der Waals surface area contributed by atoms with Crippen molar-refractivity contribution in [1.29, 1.82) is 0 Å².